The maximum atomic E-state index is 10.2. The van der Waals surface area contributed by atoms with Crippen molar-refractivity contribution in [3.63, 3.8) is 0 Å². The van der Waals surface area contributed by atoms with Gasteiger partial charge in [0.25, 0.3) is 0 Å². The molecule has 0 aliphatic rings. The van der Waals surface area contributed by atoms with E-state index in [1.807, 2.05) is 49.4 Å². The van der Waals surface area contributed by atoms with Gasteiger partial charge in [0.2, 0.25) is 0 Å². The number of rotatable bonds is 4. The number of aliphatic imine (C=N–C) groups is 1. The maximum Gasteiger partial charge on any atom is 0.166 e. The van der Waals surface area contributed by atoms with Gasteiger partial charge in [-0.1, -0.05) is 36.4 Å². The SMILES string of the molecule is CCOc1cccc(C=Nc2ccc3ccccc3c2)c1O. The predicted molar refractivity (Wildman–Crippen MR) is 90.5 cm³/mol. The topological polar surface area (TPSA) is 41.8 Å². The smallest absolute Gasteiger partial charge is 0.166 e. The number of phenols is 1. The second-order valence-corrected chi connectivity index (χ2v) is 4.92. The Labute approximate surface area is 129 Å². The van der Waals surface area contributed by atoms with E-state index in [0.717, 1.165) is 11.1 Å². The lowest BCUT2D eigenvalue weighted by molar-refractivity contribution is 0.318. The molecule has 110 valence electrons. The highest BCUT2D eigenvalue weighted by Gasteiger charge is 2.05. The van der Waals surface area contributed by atoms with Crippen LogP contribution in [0.1, 0.15) is 12.5 Å². The Morgan fingerprint density at radius 2 is 1.82 bits per heavy atom. The van der Waals surface area contributed by atoms with Gasteiger partial charge in [0.1, 0.15) is 0 Å². The average Bonchev–Trinajstić information content (AvgIpc) is 2.56. The van der Waals surface area contributed by atoms with E-state index in [-0.39, 0.29) is 5.75 Å². The average molecular weight is 291 g/mol. The van der Waals surface area contributed by atoms with Crippen LogP contribution < -0.4 is 4.74 Å². The lowest BCUT2D eigenvalue weighted by atomic mass is 10.1. The summed E-state index contributed by atoms with van der Waals surface area (Å²) in [4.78, 5) is 4.45. The first kappa shape index (κ1) is 14.1. The molecule has 0 aliphatic carbocycles. The van der Waals surface area contributed by atoms with Gasteiger partial charge in [0, 0.05) is 11.8 Å². The van der Waals surface area contributed by atoms with Gasteiger partial charge < -0.3 is 9.84 Å². The zero-order valence-electron chi connectivity index (χ0n) is 12.4. The Kier molecular flexibility index (Phi) is 4.05. The van der Waals surface area contributed by atoms with Gasteiger partial charge in [-0.15, -0.1) is 0 Å². The van der Waals surface area contributed by atoms with E-state index in [2.05, 4.69) is 17.1 Å². The number of hydrogen-bond donors (Lipinski definition) is 1. The lowest BCUT2D eigenvalue weighted by Gasteiger charge is -2.07. The van der Waals surface area contributed by atoms with Crippen molar-refractivity contribution in [3.8, 4) is 11.5 Å². The van der Waals surface area contributed by atoms with Crippen molar-refractivity contribution < 1.29 is 9.84 Å². The fraction of sp³-hybridized carbons (Fsp3) is 0.105. The minimum atomic E-state index is 0.119. The summed E-state index contributed by atoms with van der Waals surface area (Å²) in [5.41, 5.74) is 1.49. The van der Waals surface area contributed by atoms with Gasteiger partial charge in [-0.3, -0.25) is 4.99 Å². The van der Waals surface area contributed by atoms with Crippen LogP contribution in [-0.4, -0.2) is 17.9 Å². The Balaban J connectivity index is 1.91. The molecule has 0 fully saturated rings. The minimum absolute atomic E-state index is 0.119. The molecule has 0 saturated carbocycles. The molecule has 0 atom stereocenters. The van der Waals surface area contributed by atoms with Crippen molar-refractivity contribution >= 4 is 22.7 Å². The van der Waals surface area contributed by atoms with Gasteiger partial charge in [-0.05, 0) is 42.0 Å². The van der Waals surface area contributed by atoms with E-state index in [0.29, 0.717) is 17.9 Å². The van der Waals surface area contributed by atoms with E-state index in [4.69, 9.17) is 4.74 Å². The summed E-state index contributed by atoms with van der Waals surface area (Å²) in [5.74, 6) is 0.596. The van der Waals surface area contributed by atoms with Gasteiger partial charge in [-0.2, -0.15) is 0 Å². The summed E-state index contributed by atoms with van der Waals surface area (Å²) < 4.78 is 5.38. The number of benzene rings is 3. The number of ether oxygens (including phenoxy) is 1. The lowest BCUT2D eigenvalue weighted by Crippen LogP contribution is -1.93. The van der Waals surface area contributed by atoms with Crippen LogP contribution in [0.3, 0.4) is 0 Å². The Bertz CT molecular complexity index is 825. The molecule has 3 aromatic rings. The number of aromatic hydroxyl groups is 1. The molecule has 0 amide bonds. The molecule has 0 bridgehead atoms. The monoisotopic (exact) mass is 291 g/mol. The Morgan fingerprint density at radius 3 is 2.64 bits per heavy atom. The number of hydrogen-bond acceptors (Lipinski definition) is 3. The summed E-state index contributed by atoms with van der Waals surface area (Å²) in [7, 11) is 0. The highest BCUT2D eigenvalue weighted by molar-refractivity contribution is 5.89. The number of nitrogens with zero attached hydrogens (tertiary/aromatic N) is 1. The fourth-order valence-electron chi connectivity index (χ4n) is 2.32. The van der Waals surface area contributed by atoms with E-state index >= 15 is 0 Å². The molecule has 3 rings (SSSR count). The van der Waals surface area contributed by atoms with Gasteiger partial charge in [-0.25, -0.2) is 0 Å². The number of para-hydroxylation sites is 1. The molecule has 22 heavy (non-hydrogen) atoms. The van der Waals surface area contributed by atoms with Gasteiger partial charge in [0.05, 0.1) is 12.3 Å². The van der Waals surface area contributed by atoms with E-state index in [1.165, 1.54) is 5.39 Å². The highest BCUT2D eigenvalue weighted by atomic mass is 16.5. The molecule has 0 unspecified atom stereocenters. The van der Waals surface area contributed by atoms with Gasteiger partial charge >= 0.3 is 0 Å². The normalized spacial score (nSPS) is 11.1. The van der Waals surface area contributed by atoms with Crippen LogP contribution in [0.4, 0.5) is 5.69 Å². The molecular formula is C19H17NO2. The molecule has 1 N–H and O–H groups in total. The third-order valence-electron chi connectivity index (χ3n) is 3.42. The molecule has 0 saturated heterocycles. The third-order valence-corrected chi connectivity index (χ3v) is 3.42. The Hall–Kier alpha value is -2.81. The first-order valence-corrected chi connectivity index (χ1v) is 7.25. The molecular weight excluding hydrogens is 274 g/mol. The second-order valence-electron chi connectivity index (χ2n) is 4.92. The van der Waals surface area contributed by atoms with Crippen molar-refractivity contribution in [1.82, 2.24) is 0 Å². The maximum absolute atomic E-state index is 10.2. The van der Waals surface area contributed by atoms with Crippen LogP contribution >= 0.6 is 0 Å². The molecule has 0 spiro atoms. The highest BCUT2D eigenvalue weighted by Crippen LogP contribution is 2.29. The summed E-state index contributed by atoms with van der Waals surface area (Å²) in [6, 6.07) is 19.6. The molecule has 0 aliphatic heterocycles. The molecule has 3 nitrogen and oxygen atoms in total. The van der Waals surface area contributed by atoms with Crippen molar-refractivity contribution in [2.24, 2.45) is 4.99 Å². The first-order chi connectivity index (χ1) is 10.8. The predicted octanol–water partition coefficient (Wildman–Crippen LogP) is 4.69. The van der Waals surface area contributed by atoms with Crippen molar-refractivity contribution in [3.05, 3.63) is 66.2 Å². The fourth-order valence-corrected chi connectivity index (χ4v) is 2.32. The van der Waals surface area contributed by atoms with Crippen LogP contribution in [0, 0.1) is 0 Å². The quantitative estimate of drug-likeness (QED) is 0.708. The zero-order chi connectivity index (χ0) is 15.4. The van der Waals surface area contributed by atoms with Crippen molar-refractivity contribution in [2.45, 2.75) is 6.92 Å². The summed E-state index contributed by atoms with van der Waals surface area (Å²) in [5, 5.41) is 12.5. The van der Waals surface area contributed by atoms with Crippen LogP contribution in [0.15, 0.2) is 65.7 Å². The molecule has 0 radical (unpaired) electrons. The number of phenolic OH excluding ortho intramolecular Hbond substituents is 1. The van der Waals surface area contributed by atoms with Crippen LogP contribution in [-0.2, 0) is 0 Å². The largest absolute Gasteiger partial charge is 0.504 e. The molecule has 0 aromatic heterocycles. The minimum Gasteiger partial charge on any atom is -0.504 e. The van der Waals surface area contributed by atoms with Crippen LogP contribution in [0.25, 0.3) is 10.8 Å². The second kappa shape index (κ2) is 6.31. The summed E-state index contributed by atoms with van der Waals surface area (Å²) in [6.07, 6.45) is 1.65. The third kappa shape index (κ3) is 2.93. The summed E-state index contributed by atoms with van der Waals surface area (Å²) in [6.45, 7) is 2.40. The van der Waals surface area contributed by atoms with Gasteiger partial charge in [0.15, 0.2) is 11.5 Å². The summed E-state index contributed by atoms with van der Waals surface area (Å²) >= 11 is 0. The van der Waals surface area contributed by atoms with Crippen LogP contribution in [0.5, 0.6) is 11.5 Å². The molecule has 3 heteroatoms. The van der Waals surface area contributed by atoms with Crippen LogP contribution in [0.2, 0.25) is 0 Å². The van der Waals surface area contributed by atoms with E-state index in [1.54, 1.807) is 12.3 Å². The van der Waals surface area contributed by atoms with Crippen molar-refractivity contribution in [1.29, 1.82) is 0 Å². The molecule has 3 aromatic carbocycles. The van der Waals surface area contributed by atoms with E-state index < -0.39 is 0 Å². The van der Waals surface area contributed by atoms with E-state index in [9.17, 15) is 5.11 Å². The molecule has 0 heterocycles. The standard InChI is InChI=1S/C19H17NO2/c1-2-22-18-9-5-8-16(19(18)21)13-20-17-11-10-14-6-3-4-7-15(14)12-17/h3-13,21H,2H2,1H3. The van der Waals surface area contributed by atoms with Crippen molar-refractivity contribution in [2.75, 3.05) is 6.61 Å². The first-order valence-electron chi connectivity index (χ1n) is 7.25. The number of fused-ring (bicyclic) bond motifs is 1. The zero-order valence-corrected chi connectivity index (χ0v) is 12.4. The Morgan fingerprint density at radius 1 is 1.00 bits per heavy atom.